The van der Waals surface area contributed by atoms with Gasteiger partial charge in [-0.3, -0.25) is 0 Å². The Labute approximate surface area is 231 Å². The molecule has 0 radical (unpaired) electrons. The Morgan fingerprint density at radius 2 is 1.76 bits per heavy atom. The number of benzene rings is 1. The standard InChI is InChI=1S/C34H50O2S/c1-22(2)10-9-11-23(3)27-14-15-28-31-29(17-19-34(27,28)5)33(4)18-16-26(20-25(33)21-30(31)37)36-32(35)24-12-7-6-8-13-24/h6-8,12-13,21-23,26-31,37H,9-11,14-20H2,1-5H3/t23-,26+,27-,28+,29+,30-,31+,33+,34-/m1/s1. The summed E-state index contributed by atoms with van der Waals surface area (Å²) in [4.78, 5) is 12.7. The van der Waals surface area contributed by atoms with Crippen molar-refractivity contribution in [3.8, 4) is 0 Å². The molecule has 0 bridgehead atoms. The van der Waals surface area contributed by atoms with Gasteiger partial charge < -0.3 is 4.74 Å². The molecule has 2 nitrogen and oxygen atoms in total. The lowest BCUT2D eigenvalue weighted by molar-refractivity contribution is -0.0571. The molecule has 37 heavy (non-hydrogen) atoms. The summed E-state index contributed by atoms with van der Waals surface area (Å²) in [5.74, 6) is 4.55. The molecule has 204 valence electrons. The van der Waals surface area contributed by atoms with Crippen LogP contribution >= 0.6 is 12.6 Å². The molecule has 4 aliphatic rings. The number of thiol groups is 1. The summed E-state index contributed by atoms with van der Waals surface area (Å²) in [7, 11) is 0. The highest BCUT2D eigenvalue weighted by atomic mass is 32.1. The number of fused-ring (bicyclic) bond motifs is 5. The van der Waals surface area contributed by atoms with Gasteiger partial charge in [-0.25, -0.2) is 4.79 Å². The lowest BCUT2D eigenvalue weighted by Crippen LogP contribution is -2.54. The SMILES string of the molecule is CC(C)CCC[C@@H](C)[C@H]1CC[C@H]2[C@@H]3[C@H](S)C=C4C[C@@H](OC(=O)c5ccccc5)CC[C@]4(C)[C@H]3CC[C@]12C. The lowest BCUT2D eigenvalue weighted by Gasteiger charge is -2.60. The topological polar surface area (TPSA) is 26.3 Å². The molecule has 0 unspecified atom stereocenters. The summed E-state index contributed by atoms with van der Waals surface area (Å²) in [5.41, 5.74) is 2.89. The van der Waals surface area contributed by atoms with Gasteiger partial charge in [0.15, 0.2) is 0 Å². The van der Waals surface area contributed by atoms with E-state index in [4.69, 9.17) is 17.4 Å². The van der Waals surface area contributed by atoms with Gasteiger partial charge in [-0.15, -0.1) is 0 Å². The first-order valence-electron chi connectivity index (χ1n) is 15.3. The average molecular weight is 523 g/mol. The minimum Gasteiger partial charge on any atom is -0.458 e. The molecule has 3 saturated carbocycles. The predicted octanol–water partition coefficient (Wildman–Crippen LogP) is 9.16. The Kier molecular flexibility index (Phi) is 7.94. The molecule has 5 rings (SSSR count). The van der Waals surface area contributed by atoms with Crippen molar-refractivity contribution in [1.82, 2.24) is 0 Å². The normalized spacial score (nSPS) is 39.8. The van der Waals surface area contributed by atoms with Crippen molar-refractivity contribution < 1.29 is 9.53 Å². The molecule has 1 aromatic rings. The highest BCUT2D eigenvalue weighted by molar-refractivity contribution is 7.81. The van der Waals surface area contributed by atoms with Gasteiger partial charge in [0.25, 0.3) is 0 Å². The predicted molar refractivity (Wildman–Crippen MR) is 157 cm³/mol. The third-order valence-electron chi connectivity index (χ3n) is 11.6. The molecule has 3 heteroatoms. The van der Waals surface area contributed by atoms with Gasteiger partial charge in [0.1, 0.15) is 6.10 Å². The molecule has 0 heterocycles. The van der Waals surface area contributed by atoms with Crippen molar-refractivity contribution in [2.24, 2.45) is 46.3 Å². The maximum atomic E-state index is 12.7. The van der Waals surface area contributed by atoms with Crippen molar-refractivity contribution in [1.29, 1.82) is 0 Å². The van der Waals surface area contributed by atoms with Crippen LogP contribution in [0.2, 0.25) is 0 Å². The van der Waals surface area contributed by atoms with E-state index in [0.29, 0.717) is 28.1 Å². The van der Waals surface area contributed by atoms with E-state index in [1.807, 2.05) is 30.3 Å². The summed E-state index contributed by atoms with van der Waals surface area (Å²) in [5, 5.41) is 0.330. The quantitative estimate of drug-likeness (QED) is 0.219. The zero-order chi connectivity index (χ0) is 26.4. The first-order chi connectivity index (χ1) is 17.6. The van der Waals surface area contributed by atoms with Crippen LogP contribution in [0.1, 0.15) is 109 Å². The largest absolute Gasteiger partial charge is 0.458 e. The minimum absolute atomic E-state index is 0.0134. The van der Waals surface area contributed by atoms with Gasteiger partial charge in [-0.1, -0.05) is 83.7 Å². The van der Waals surface area contributed by atoms with Crippen molar-refractivity contribution in [3.05, 3.63) is 47.5 Å². The summed E-state index contributed by atoms with van der Waals surface area (Å²) >= 11 is 5.29. The van der Waals surface area contributed by atoms with E-state index in [2.05, 4.69) is 40.7 Å². The molecular weight excluding hydrogens is 472 g/mol. The second kappa shape index (κ2) is 10.7. The van der Waals surface area contributed by atoms with Gasteiger partial charge in [0.2, 0.25) is 0 Å². The second-order valence-electron chi connectivity index (χ2n) is 14.1. The molecule has 0 aliphatic heterocycles. The average Bonchev–Trinajstić information content (AvgIpc) is 3.22. The van der Waals surface area contributed by atoms with Gasteiger partial charge >= 0.3 is 5.97 Å². The van der Waals surface area contributed by atoms with Gasteiger partial charge in [0.05, 0.1) is 5.56 Å². The van der Waals surface area contributed by atoms with Crippen molar-refractivity contribution in [3.63, 3.8) is 0 Å². The Hall–Kier alpha value is -1.22. The molecule has 0 N–H and O–H groups in total. The molecule has 0 spiro atoms. The number of rotatable bonds is 7. The van der Waals surface area contributed by atoms with E-state index in [1.165, 1.54) is 50.5 Å². The maximum absolute atomic E-state index is 12.7. The summed E-state index contributed by atoms with van der Waals surface area (Å²) < 4.78 is 6.01. The van der Waals surface area contributed by atoms with Gasteiger partial charge in [0, 0.05) is 11.7 Å². The number of hydrogen-bond acceptors (Lipinski definition) is 3. The molecule has 9 atom stereocenters. The van der Waals surface area contributed by atoms with E-state index in [-0.39, 0.29) is 17.5 Å². The molecule has 4 aliphatic carbocycles. The maximum Gasteiger partial charge on any atom is 0.338 e. The fraction of sp³-hybridized carbons (Fsp3) is 0.735. The van der Waals surface area contributed by atoms with E-state index < -0.39 is 0 Å². The lowest BCUT2D eigenvalue weighted by atomic mass is 9.46. The summed E-state index contributed by atoms with van der Waals surface area (Å²) in [6.45, 7) is 12.5. The number of carbonyl (C=O) groups excluding carboxylic acids is 1. The molecule has 1 aromatic carbocycles. The van der Waals surface area contributed by atoms with Gasteiger partial charge in [-0.2, -0.15) is 12.6 Å². The van der Waals surface area contributed by atoms with Crippen LogP contribution in [0.15, 0.2) is 42.0 Å². The second-order valence-corrected chi connectivity index (χ2v) is 14.7. The van der Waals surface area contributed by atoms with E-state index in [0.717, 1.165) is 42.9 Å². The van der Waals surface area contributed by atoms with Crippen LogP contribution in [-0.4, -0.2) is 17.3 Å². The third-order valence-corrected chi connectivity index (χ3v) is 12.1. The first kappa shape index (κ1) is 27.4. The Morgan fingerprint density at radius 1 is 1.00 bits per heavy atom. The third kappa shape index (κ3) is 5.08. The highest BCUT2D eigenvalue weighted by Crippen LogP contribution is 2.68. The molecular formula is C34H50O2S. The summed E-state index contributed by atoms with van der Waals surface area (Å²) in [6.07, 6.45) is 15.2. The van der Waals surface area contributed by atoms with E-state index in [9.17, 15) is 4.79 Å². The zero-order valence-electron chi connectivity index (χ0n) is 23.9. The Morgan fingerprint density at radius 3 is 2.49 bits per heavy atom. The fourth-order valence-electron chi connectivity index (χ4n) is 9.53. The van der Waals surface area contributed by atoms with Crippen LogP contribution in [0.5, 0.6) is 0 Å². The number of esters is 1. The van der Waals surface area contributed by atoms with E-state index in [1.54, 1.807) is 0 Å². The van der Waals surface area contributed by atoms with Crippen LogP contribution in [0, 0.1) is 46.3 Å². The monoisotopic (exact) mass is 522 g/mol. The van der Waals surface area contributed by atoms with Crippen molar-refractivity contribution in [2.75, 3.05) is 0 Å². The molecule has 3 fully saturated rings. The Bertz CT molecular complexity index is 985. The smallest absolute Gasteiger partial charge is 0.338 e. The van der Waals surface area contributed by atoms with Crippen LogP contribution < -0.4 is 0 Å². The molecule has 0 amide bonds. The van der Waals surface area contributed by atoms with Crippen LogP contribution in [0.25, 0.3) is 0 Å². The van der Waals surface area contributed by atoms with Gasteiger partial charge in [-0.05, 0) is 97.0 Å². The van der Waals surface area contributed by atoms with Crippen molar-refractivity contribution >= 4 is 18.6 Å². The first-order valence-corrected chi connectivity index (χ1v) is 15.8. The Balaban J connectivity index is 1.29. The minimum atomic E-state index is -0.182. The van der Waals surface area contributed by atoms with Crippen LogP contribution in [0.3, 0.4) is 0 Å². The molecule has 0 saturated heterocycles. The highest BCUT2D eigenvalue weighted by Gasteiger charge is 2.60. The molecule has 0 aromatic heterocycles. The van der Waals surface area contributed by atoms with Crippen LogP contribution in [0.4, 0.5) is 0 Å². The van der Waals surface area contributed by atoms with E-state index >= 15 is 0 Å². The van der Waals surface area contributed by atoms with Crippen LogP contribution in [-0.2, 0) is 4.74 Å². The fourth-order valence-corrected chi connectivity index (χ4v) is 10.1. The number of ether oxygens (including phenoxy) is 1. The van der Waals surface area contributed by atoms with Crippen molar-refractivity contribution in [2.45, 2.75) is 110 Å². The number of carbonyl (C=O) groups is 1. The summed E-state index contributed by atoms with van der Waals surface area (Å²) in [6, 6.07) is 9.45. The number of hydrogen-bond donors (Lipinski definition) is 1. The zero-order valence-corrected chi connectivity index (χ0v) is 24.8.